The Morgan fingerprint density at radius 2 is 2.31 bits per heavy atom. The van der Waals surface area contributed by atoms with Gasteiger partial charge in [0.25, 0.3) is 0 Å². The molecule has 1 heterocycles. The topological polar surface area (TPSA) is 34.1 Å². The number of hydrogen-bond acceptors (Lipinski definition) is 3. The first-order chi connectivity index (χ1) is 6.13. The lowest BCUT2D eigenvalue weighted by molar-refractivity contribution is 0.397. The zero-order valence-electron chi connectivity index (χ0n) is 7.30. The Balaban J connectivity index is 2.91. The smallest absolute Gasteiger partial charge is 0.213 e. The van der Waals surface area contributed by atoms with Gasteiger partial charge in [-0.15, -0.1) is 0 Å². The molecule has 0 aliphatic carbocycles. The van der Waals surface area contributed by atoms with Crippen LogP contribution in [0.25, 0.3) is 0 Å². The minimum absolute atomic E-state index is 0.613. The van der Waals surface area contributed by atoms with Gasteiger partial charge in [0.1, 0.15) is 3.00 Å². The van der Waals surface area contributed by atoms with Crippen molar-refractivity contribution in [2.45, 2.75) is 6.92 Å². The molecule has 0 saturated heterocycles. The third kappa shape index (κ3) is 3.07. The first-order valence-corrected chi connectivity index (χ1v) is 5.10. The molecule has 0 aliphatic rings. The summed E-state index contributed by atoms with van der Waals surface area (Å²) in [6.45, 7) is 1.90. The zero-order valence-corrected chi connectivity index (χ0v) is 10.3. The van der Waals surface area contributed by atoms with E-state index in [-0.39, 0.29) is 0 Å². The van der Waals surface area contributed by atoms with Gasteiger partial charge in [-0.25, -0.2) is 4.98 Å². The SMILES string of the molecule is COc1ccc(NC(=S)I)c(C)n1. The van der Waals surface area contributed by atoms with Crippen LogP contribution in [0, 0.1) is 6.92 Å². The van der Waals surface area contributed by atoms with Gasteiger partial charge in [-0.1, -0.05) is 12.2 Å². The summed E-state index contributed by atoms with van der Waals surface area (Å²) < 4.78 is 5.68. The van der Waals surface area contributed by atoms with Crippen LogP contribution in [0.4, 0.5) is 5.69 Å². The second-order valence-electron chi connectivity index (χ2n) is 2.39. The van der Waals surface area contributed by atoms with Crippen LogP contribution < -0.4 is 10.1 Å². The number of ether oxygens (including phenoxy) is 1. The van der Waals surface area contributed by atoms with Gasteiger partial charge in [-0.2, -0.15) is 0 Å². The van der Waals surface area contributed by atoms with Crippen molar-refractivity contribution in [2.75, 3.05) is 12.4 Å². The Morgan fingerprint density at radius 3 is 2.77 bits per heavy atom. The van der Waals surface area contributed by atoms with Crippen molar-refractivity contribution < 1.29 is 4.74 Å². The quantitative estimate of drug-likeness (QED) is 0.394. The third-order valence-electron chi connectivity index (χ3n) is 1.50. The molecule has 1 rings (SSSR count). The molecule has 0 unspecified atom stereocenters. The van der Waals surface area contributed by atoms with Crippen molar-refractivity contribution >= 4 is 43.5 Å². The van der Waals surface area contributed by atoms with E-state index in [1.165, 1.54) is 0 Å². The molecule has 5 heteroatoms. The summed E-state index contributed by atoms with van der Waals surface area (Å²) in [4.78, 5) is 4.20. The van der Waals surface area contributed by atoms with Crippen molar-refractivity contribution in [3.63, 3.8) is 0 Å². The number of nitrogens with zero attached hydrogens (tertiary/aromatic N) is 1. The maximum absolute atomic E-state index is 4.98. The molecule has 13 heavy (non-hydrogen) atoms. The second-order valence-corrected chi connectivity index (χ2v) is 4.60. The molecule has 1 N–H and O–H groups in total. The number of rotatable bonds is 2. The molecule has 0 bridgehead atoms. The number of nitrogens with one attached hydrogen (secondary N) is 1. The Labute approximate surface area is 96.0 Å². The van der Waals surface area contributed by atoms with Gasteiger partial charge in [-0.05, 0) is 35.6 Å². The number of aromatic nitrogens is 1. The van der Waals surface area contributed by atoms with E-state index in [4.69, 9.17) is 17.0 Å². The summed E-state index contributed by atoms with van der Waals surface area (Å²) in [6, 6.07) is 3.69. The molecule has 0 saturated carbocycles. The van der Waals surface area contributed by atoms with E-state index in [1.54, 1.807) is 13.2 Å². The van der Waals surface area contributed by atoms with Crippen molar-refractivity contribution in [1.29, 1.82) is 0 Å². The predicted molar refractivity (Wildman–Crippen MR) is 65.8 cm³/mol. The molecule has 0 atom stereocenters. The van der Waals surface area contributed by atoms with Crippen LogP contribution in [0.15, 0.2) is 12.1 Å². The van der Waals surface area contributed by atoms with E-state index in [0.717, 1.165) is 11.4 Å². The average Bonchev–Trinajstić information content (AvgIpc) is 2.08. The van der Waals surface area contributed by atoms with E-state index >= 15 is 0 Å². The minimum atomic E-state index is 0.613. The van der Waals surface area contributed by atoms with Crippen LogP contribution in [-0.2, 0) is 0 Å². The summed E-state index contributed by atoms with van der Waals surface area (Å²) in [5.41, 5.74) is 1.79. The van der Waals surface area contributed by atoms with E-state index in [0.29, 0.717) is 8.88 Å². The zero-order chi connectivity index (χ0) is 9.84. The fourth-order valence-corrected chi connectivity index (χ4v) is 1.29. The molecule has 0 aromatic carbocycles. The highest BCUT2D eigenvalue weighted by Gasteiger charge is 2.01. The Morgan fingerprint density at radius 1 is 1.62 bits per heavy atom. The highest BCUT2D eigenvalue weighted by molar-refractivity contribution is 14.1. The molecule has 0 fully saturated rings. The molecule has 3 nitrogen and oxygen atoms in total. The maximum Gasteiger partial charge on any atom is 0.213 e. The lowest BCUT2D eigenvalue weighted by Crippen LogP contribution is -2.03. The monoisotopic (exact) mass is 308 g/mol. The second kappa shape index (κ2) is 4.71. The van der Waals surface area contributed by atoms with Crippen LogP contribution in [0.2, 0.25) is 0 Å². The molecular weight excluding hydrogens is 299 g/mol. The van der Waals surface area contributed by atoms with Crippen LogP contribution in [0.1, 0.15) is 5.69 Å². The fourth-order valence-electron chi connectivity index (χ4n) is 0.890. The number of pyridine rings is 1. The highest BCUT2D eigenvalue weighted by Crippen LogP contribution is 2.17. The van der Waals surface area contributed by atoms with E-state index in [2.05, 4.69) is 10.3 Å². The Bertz CT molecular complexity index is 330. The Kier molecular flexibility index (Phi) is 3.86. The number of aryl methyl sites for hydroxylation is 1. The van der Waals surface area contributed by atoms with Crippen molar-refractivity contribution in [1.82, 2.24) is 4.98 Å². The lowest BCUT2D eigenvalue weighted by Gasteiger charge is -2.07. The van der Waals surface area contributed by atoms with Gasteiger partial charge < -0.3 is 10.1 Å². The molecule has 0 radical (unpaired) electrons. The van der Waals surface area contributed by atoms with E-state index in [1.807, 2.05) is 35.6 Å². The molecule has 1 aromatic heterocycles. The summed E-state index contributed by atoms with van der Waals surface area (Å²) in [7, 11) is 1.60. The van der Waals surface area contributed by atoms with Gasteiger partial charge in [0.15, 0.2) is 0 Å². The van der Waals surface area contributed by atoms with Gasteiger partial charge in [-0.3, -0.25) is 0 Å². The summed E-state index contributed by atoms with van der Waals surface area (Å²) in [5, 5.41) is 3.02. The van der Waals surface area contributed by atoms with Crippen molar-refractivity contribution in [3.05, 3.63) is 17.8 Å². The molecule has 0 spiro atoms. The first kappa shape index (κ1) is 10.6. The van der Waals surface area contributed by atoms with Gasteiger partial charge in [0.05, 0.1) is 18.5 Å². The van der Waals surface area contributed by atoms with Crippen LogP contribution in [-0.4, -0.2) is 15.1 Å². The Hall–Kier alpha value is -0.430. The fraction of sp³-hybridized carbons (Fsp3) is 0.250. The normalized spacial score (nSPS) is 9.46. The predicted octanol–water partition coefficient (Wildman–Crippen LogP) is 2.53. The van der Waals surface area contributed by atoms with Crippen molar-refractivity contribution in [2.24, 2.45) is 0 Å². The third-order valence-corrected chi connectivity index (χ3v) is 1.87. The molecule has 0 aliphatic heterocycles. The number of methoxy groups -OCH3 is 1. The summed E-state index contributed by atoms with van der Waals surface area (Å²) in [5.74, 6) is 0.613. The van der Waals surface area contributed by atoms with Gasteiger partial charge in [0.2, 0.25) is 5.88 Å². The highest BCUT2D eigenvalue weighted by atomic mass is 127. The van der Waals surface area contributed by atoms with Crippen LogP contribution in [0.3, 0.4) is 0 Å². The number of hydrogen-bond donors (Lipinski definition) is 1. The standard InChI is InChI=1S/C8H9IN2OS/c1-5-6(11-8(9)13)3-4-7(10-5)12-2/h3-4H,1-2H3,(H,11,13). The molecule has 1 aromatic rings. The first-order valence-electron chi connectivity index (χ1n) is 3.61. The summed E-state index contributed by atoms with van der Waals surface area (Å²) >= 11 is 6.96. The van der Waals surface area contributed by atoms with Crippen LogP contribution >= 0.6 is 34.8 Å². The van der Waals surface area contributed by atoms with E-state index in [9.17, 15) is 0 Å². The van der Waals surface area contributed by atoms with Gasteiger partial charge in [0, 0.05) is 6.07 Å². The largest absolute Gasteiger partial charge is 0.481 e. The minimum Gasteiger partial charge on any atom is -0.481 e. The van der Waals surface area contributed by atoms with Crippen LogP contribution in [0.5, 0.6) is 5.88 Å². The molecule has 0 amide bonds. The number of anilines is 1. The lowest BCUT2D eigenvalue weighted by atomic mass is 10.3. The van der Waals surface area contributed by atoms with Crippen molar-refractivity contribution in [3.8, 4) is 5.88 Å². The number of halogens is 1. The van der Waals surface area contributed by atoms with Gasteiger partial charge >= 0.3 is 0 Å². The maximum atomic E-state index is 4.98. The molecular formula is C8H9IN2OS. The summed E-state index contributed by atoms with van der Waals surface area (Å²) in [6.07, 6.45) is 0. The number of thiocarbonyl (C=S) groups is 1. The molecule has 70 valence electrons. The average molecular weight is 308 g/mol. The van der Waals surface area contributed by atoms with E-state index < -0.39 is 0 Å².